The van der Waals surface area contributed by atoms with Gasteiger partial charge in [-0.3, -0.25) is 4.98 Å². The van der Waals surface area contributed by atoms with Gasteiger partial charge in [-0.15, -0.1) is 11.3 Å². The molecule has 0 aliphatic carbocycles. The van der Waals surface area contributed by atoms with Crippen molar-refractivity contribution in [1.29, 1.82) is 0 Å². The lowest BCUT2D eigenvalue weighted by molar-refractivity contribution is 0.477. The van der Waals surface area contributed by atoms with Crippen LogP contribution >= 0.6 is 11.3 Å². The lowest BCUT2D eigenvalue weighted by atomic mass is 9.83. The smallest absolute Gasteiger partial charge is 0.124 e. The van der Waals surface area contributed by atoms with E-state index in [2.05, 4.69) is 76.2 Å². The van der Waals surface area contributed by atoms with E-state index in [4.69, 9.17) is 9.97 Å². The number of pyridine rings is 1. The number of thiazole rings is 1. The highest BCUT2D eigenvalue weighted by molar-refractivity contribution is 7.21. The molecule has 1 N–H and O–H groups in total. The number of nitrogens with zero attached hydrogens (tertiary/aromatic N) is 2. The van der Waals surface area contributed by atoms with Crippen molar-refractivity contribution in [3.8, 4) is 38.6 Å². The highest BCUT2D eigenvalue weighted by atomic mass is 32.1. The summed E-state index contributed by atoms with van der Waals surface area (Å²) in [6.45, 7) is 8.91. The van der Waals surface area contributed by atoms with E-state index in [9.17, 15) is 5.11 Å². The Bertz CT molecular complexity index is 1790. The number of hydrogen-bond donors (Lipinski definition) is 1. The number of hydrogen-bond acceptors (Lipinski definition) is 4. The molecule has 0 unspecified atom stereocenters. The van der Waals surface area contributed by atoms with Crippen molar-refractivity contribution in [2.45, 2.75) is 33.1 Å². The Morgan fingerprint density at radius 3 is 2.30 bits per heavy atom. The fourth-order valence-corrected chi connectivity index (χ4v) is 5.84. The van der Waals surface area contributed by atoms with Gasteiger partial charge in [-0.2, -0.15) is 0 Å². The first-order chi connectivity index (χ1) is 17.8. The van der Waals surface area contributed by atoms with Crippen molar-refractivity contribution < 1.29 is 5.11 Å². The van der Waals surface area contributed by atoms with Crippen molar-refractivity contribution in [1.82, 2.24) is 9.97 Å². The standard InChI is InChI=1S/C33H28N2OS/c1-20-15-16-34-30-26(20)18-23(33(2,3)4)19-27(30)21-9-7-10-22(17-21)32-35-31-25(12-8-14-29(31)37-32)24-11-5-6-13-28(24)36/h5-19,36H,1-4H3. The predicted octanol–water partition coefficient (Wildman–Crippen LogP) is 9.16. The van der Waals surface area contributed by atoms with Crippen LogP contribution in [0.1, 0.15) is 31.9 Å². The maximum atomic E-state index is 10.5. The Kier molecular flexibility index (Phi) is 5.58. The topological polar surface area (TPSA) is 46.0 Å². The zero-order chi connectivity index (χ0) is 25.7. The molecular formula is C33H28N2OS. The van der Waals surface area contributed by atoms with E-state index in [-0.39, 0.29) is 11.2 Å². The summed E-state index contributed by atoms with van der Waals surface area (Å²) < 4.78 is 1.10. The molecule has 0 saturated carbocycles. The molecule has 0 amide bonds. The first kappa shape index (κ1) is 23.4. The summed E-state index contributed by atoms with van der Waals surface area (Å²) in [5.74, 6) is 0.264. The number of rotatable bonds is 3. The molecule has 6 aromatic rings. The first-order valence-corrected chi connectivity index (χ1v) is 13.3. The van der Waals surface area contributed by atoms with Crippen molar-refractivity contribution in [2.75, 3.05) is 0 Å². The average Bonchev–Trinajstić information content (AvgIpc) is 3.33. The Balaban J connectivity index is 1.52. The second-order valence-electron chi connectivity index (χ2n) is 10.6. The van der Waals surface area contributed by atoms with E-state index in [0.29, 0.717) is 0 Å². The number of phenolic OH excluding ortho intramolecular Hbond substituents is 1. The minimum absolute atomic E-state index is 0.0231. The zero-order valence-corrected chi connectivity index (χ0v) is 22.2. The van der Waals surface area contributed by atoms with Crippen LogP contribution < -0.4 is 0 Å². The van der Waals surface area contributed by atoms with E-state index in [1.807, 2.05) is 36.5 Å². The largest absolute Gasteiger partial charge is 0.507 e. The maximum Gasteiger partial charge on any atom is 0.124 e. The number of aryl methyl sites for hydroxylation is 1. The fraction of sp³-hybridized carbons (Fsp3) is 0.152. The molecule has 0 bridgehead atoms. The molecular weight excluding hydrogens is 472 g/mol. The minimum Gasteiger partial charge on any atom is -0.507 e. The number of para-hydroxylation sites is 2. The van der Waals surface area contributed by atoms with Gasteiger partial charge in [-0.1, -0.05) is 69.3 Å². The van der Waals surface area contributed by atoms with Crippen LogP contribution in [0.2, 0.25) is 0 Å². The number of aromatic nitrogens is 2. The van der Waals surface area contributed by atoms with Crippen LogP contribution in [0.15, 0.2) is 91.1 Å². The monoisotopic (exact) mass is 500 g/mol. The lowest BCUT2D eigenvalue weighted by Gasteiger charge is -2.22. The molecule has 0 spiro atoms. The number of benzene rings is 4. The Morgan fingerprint density at radius 2 is 1.49 bits per heavy atom. The molecule has 4 aromatic carbocycles. The molecule has 0 saturated heterocycles. The van der Waals surface area contributed by atoms with Gasteiger partial charge in [0.15, 0.2) is 0 Å². The molecule has 0 atom stereocenters. The second kappa shape index (κ2) is 8.82. The van der Waals surface area contributed by atoms with Gasteiger partial charge in [0, 0.05) is 33.8 Å². The van der Waals surface area contributed by atoms with Gasteiger partial charge in [0.25, 0.3) is 0 Å². The Labute approximate surface area is 221 Å². The Hall–Kier alpha value is -4.02. The molecule has 4 heteroatoms. The lowest BCUT2D eigenvalue weighted by Crippen LogP contribution is -2.11. The molecule has 182 valence electrons. The van der Waals surface area contributed by atoms with Crippen molar-refractivity contribution in [3.63, 3.8) is 0 Å². The molecule has 0 aliphatic heterocycles. The van der Waals surface area contributed by atoms with Crippen LogP contribution in [-0.2, 0) is 5.41 Å². The summed E-state index contributed by atoms with van der Waals surface area (Å²) in [5, 5.41) is 12.6. The van der Waals surface area contributed by atoms with Crippen molar-refractivity contribution >= 4 is 32.5 Å². The molecule has 2 aromatic heterocycles. The van der Waals surface area contributed by atoms with Crippen LogP contribution in [0.25, 0.3) is 53.9 Å². The van der Waals surface area contributed by atoms with Gasteiger partial charge >= 0.3 is 0 Å². The number of aromatic hydroxyl groups is 1. The summed E-state index contributed by atoms with van der Waals surface area (Å²) in [4.78, 5) is 9.86. The van der Waals surface area contributed by atoms with Gasteiger partial charge in [0.1, 0.15) is 10.8 Å². The van der Waals surface area contributed by atoms with Crippen LogP contribution in [-0.4, -0.2) is 15.1 Å². The van der Waals surface area contributed by atoms with Crippen LogP contribution in [0.3, 0.4) is 0 Å². The molecule has 2 heterocycles. The van der Waals surface area contributed by atoms with E-state index < -0.39 is 0 Å². The van der Waals surface area contributed by atoms with Gasteiger partial charge in [-0.25, -0.2) is 4.98 Å². The maximum absolute atomic E-state index is 10.5. The van der Waals surface area contributed by atoms with Crippen molar-refractivity contribution in [2.24, 2.45) is 0 Å². The minimum atomic E-state index is 0.0231. The van der Waals surface area contributed by atoms with Gasteiger partial charge in [-0.05, 0) is 65.4 Å². The quantitative estimate of drug-likeness (QED) is 0.263. The molecule has 6 rings (SSSR count). The summed E-state index contributed by atoms with van der Waals surface area (Å²) in [7, 11) is 0. The summed E-state index contributed by atoms with van der Waals surface area (Å²) in [5.41, 5.74) is 9.57. The third-order valence-electron chi connectivity index (χ3n) is 6.96. The summed E-state index contributed by atoms with van der Waals surface area (Å²) in [6, 6.07) is 28.9. The highest BCUT2D eigenvalue weighted by Gasteiger charge is 2.19. The second-order valence-corrected chi connectivity index (χ2v) is 11.6. The molecule has 0 fully saturated rings. The van der Waals surface area contributed by atoms with E-state index in [0.717, 1.165) is 48.6 Å². The summed E-state index contributed by atoms with van der Waals surface area (Å²) in [6.07, 6.45) is 1.90. The van der Waals surface area contributed by atoms with E-state index in [1.165, 1.54) is 16.5 Å². The van der Waals surface area contributed by atoms with Gasteiger partial charge in [0.2, 0.25) is 0 Å². The van der Waals surface area contributed by atoms with Crippen molar-refractivity contribution in [3.05, 3.63) is 102 Å². The molecule has 37 heavy (non-hydrogen) atoms. The predicted molar refractivity (Wildman–Crippen MR) is 156 cm³/mol. The normalized spacial score (nSPS) is 11.9. The van der Waals surface area contributed by atoms with E-state index in [1.54, 1.807) is 17.4 Å². The van der Waals surface area contributed by atoms with Crippen LogP contribution in [0.4, 0.5) is 0 Å². The molecule has 0 radical (unpaired) electrons. The SMILES string of the molecule is Cc1ccnc2c(-c3cccc(-c4nc5c(-c6ccccc6O)cccc5s4)c3)cc(C(C)(C)C)cc12. The third-order valence-corrected chi connectivity index (χ3v) is 8.03. The van der Waals surface area contributed by atoms with Crippen LogP contribution in [0.5, 0.6) is 5.75 Å². The summed E-state index contributed by atoms with van der Waals surface area (Å²) >= 11 is 1.67. The zero-order valence-electron chi connectivity index (χ0n) is 21.4. The number of fused-ring (bicyclic) bond motifs is 2. The third kappa shape index (κ3) is 4.17. The number of phenols is 1. The van der Waals surface area contributed by atoms with Crippen LogP contribution in [0, 0.1) is 6.92 Å². The Morgan fingerprint density at radius 1 is 0.730 bits per heavy atom. The van der Waals surface area contributed by atoms with Gasteiger partial charge < -0.3 is 5.11 Å². The first-order valence-electron chi connectivity index (χ1n) is 12.5. The van der Waals surface area contributed by atoms with E-state index >= 15 is 0 Å². The fourth-order valence-electron chi connectivity index (χ4n) is 4.85. The highest BCUT2D eigenvalue weighted by Crippen LogP contribution is 2.40. The van der Waals surface area contributed by atoms with Gasteiger partial charge in [0.05, 0.1) is 15.7 Å². The molecule has 0 aliphatic rings. The average molecular weight is 501 g/mol. The molecule has 3 nitrogen and oxygen atoms in total.